The lowest BCUT2D eigenvalue weighted by Crippen LogP contribution is -2.34. The molecule has 0 spiro atoms. The standard InChI is InChI=1S/C17H23FN2O/c1-12-14(17-15(18)6-3-7-16(17)19-12)11-13-5-4-8-20(13)9-10-21-2/h3,6-7,13,19H,4-5,8-11H2,1-2H3/t13-/m1/s1. The lowest BCUT2D eigenvalue weighted by molar-refractivity contribution is 0.141. The number of rotatable bonds is 5. The molecular formula is C17H23FN2O. The SMILES string of the molecule is COCCN1CCC[C@@H]1Cc1c(C)[nH]c2cccc(F)c12. The molecule has 4 heteroatoms. The molecule has 0 bridgehead atoms. The van der Waals surface area contributed by atoms with E-state index in [2.05, 4.69) is 9.88 Å². The lowest BCUT2D eigenvalue weighted by Gasteiger charge is -2.24. The molecule has 1 aromatic heterocycles. The minimum atomic E-state index is -0.117. The number of aryl methyl sites for hydroxylation is 1. The van der Waals surface area contributed by atoms with E-state index in [0.717, 1.165) is 48.3 Å². The summed E-state index contributed by atoms with van der Waals surface area (Å²) >= 11 is 0. The van der Waals surface area contributed by atoms with E-state index < -0.39 is 0 Å². The van der Waals surface area contributed by atoms with Crippen molar-refractivity contribution in [2.75, 3.05) is 26.8 Å². The Kier molecular flexibility index (Phi) is 4.27. The van der Waals surface area contributed by atoms with Crippen molar-refractivity contribution in [3.8, 4) is 0 Å². The molecule has 0 aliphatic carbocycles. The summed E-state index contributed by atoms with van der Waals surface area (Å²) in [7, 11) is 1.74. The number of fused-ring (bicyclic) bond motifs is 1. The number of H-pyrrole nitrogens is 1. The van der Waals surface area contributed by atoms with E-state index in [4.69, 9.17) is 4.74 Å². The van der Waals surface area contributed by atoms with Crippen LogP contribution in [0, 0.1) is 12.7 Å². The molecule has 1 N–H and O–H groups in total. The average Bonchev–Trinajstić information content (AvgIpc) is 3.03. The predicted octanol–water partition coefficient (Wildman–Crippen LogP) is 3.27. The summed E-state index contributed by atoms with van der Waals surface area (Å²) in [6.45, 7) is 4.89. The molecule has 3 rings (SSSR count). The lowest BCUT2D eigenvalue weighted by atomic mass is 10.0. The fraction of sp³-hybridized carbons (Fsp3) is 0.529. The molecule has 1 aliphatic rings. The first-order chi connectivity index (χ1) is 10.2. The van der Waals surface area contributed by atoms with Gasteiger partial charge in [-0.25, -0.2) is 4.39 Å². The van der Waals surface area contributed by atoms with Crippen LogP contribution < -0.4 is 0 Å². The summed E-state index contributed by atoms with van der Waals surface area (Å²) in [5.41, 5.74) is 3.13. The first-order valence-electron chi connectivity index (χ1n) is 7.69. The highest BCUT2D eigenvalue weighted by Gasteiger charge is 2.26. The van der Waals surface area contributed by atoms with Crippen LogP contribution in [0.4, 0.5) is 4.39 Å². The largest absolute Gasteiger partial charge is 0.383 e. The van der Waals surface area contributed by atoms with E-state index in [1.165, 1.54) is 12.8 Å². The van der Waals surface area contributed by atoms with Crippen molar-refractivity contribution < 1.29 is 9.13 Å². The Bertz CT molecular complexity index is 623. The summed E-state index contributed by atoms with van der Waals surface area (Å²) in [4.78, 5) is 5.79. The van der Waals surface area contributed by atoms with Crippen molar-refractivity contribution in [3.63, 3.8) is 0 Å². The van der Waals surface area contributed by atoms with Crippen LogP contribution in [0.25, 0.3) is 10.9 Å². The highest BCUT2D eigenvalue weighted by molar-refractivity contribution is 5.85. The third-order valence-corrected chi connectivity index (χ3v) is 4.61. The van der Waals surface area contributed by atoms with Gasteiger partial charge in [-0.15, -0.1) is 0 Å². The van der Waals surface area contributed by atoms with Gasteiger partial charge in [0.25, 0.3) is 0 Å². The van der Waals surface area contributed by atoms with Gasteiger partial charge in [0.2, 0.25) is 0 Å². The quantitative estimate of drug-likeness (QED) is 0.915. The van der Waals surface area contributed by atoms with Crippen LogP contribution >= 0.6 is 0 Å². The number of benzene rings is 1. The second-order valence-corrected chi connectivity index (χ2v) is 5.92. The smallest absolute Gasteiger partial charge is 0.132 e. The van der Waals surface area contributed by atoms with Gasteiger partial charge < -0.3 is 9.72 Å². The second kappa shape index (κ2) is 6.16. The molecule has 1 atom stereocenters. The zero-order valence-electron chi connectivity index (χ0n) is 12.8. The van der Waals surface area contributed by atoms with E-state index in [9.17, 15) is 4.39 Å². The summed E-state index contributed by atoms with van der Waals surface area (Å²) in [5, 5.41) is 0.772. The van der Waals surface area contributed by atoms with Gasteiger partial charge in [-0.2, -0.15) is 0 Å². The minimum Gasteiger partial charge on any atom is -0.383 e. The number of likely N-dealkylation sites (tertiary alicyclic amines) is 1. The number of hydrogen-bond acceptors (Lipinski definition) is 2. The van der Waals surface area contributed by atoms with E-state index in [1.807, 2.05) is 13.0 Å². The van der Waals surface area contributed by atoms with Crippen molar-refractivity contribution in [3.05, 3.63) is 35.3 Å². The maximum atomic E-state index is 14.2. The summed E-state index contributed by atoms with van der Waals surface area (Å²) in [5.74, 6) is -0.117. The molecule has 3 nitrogen and oxygen atoms in total. The number of methoxy groups -OCH3 is 1. The third kappa shape index (κ3) is 2.83. The van der Waals surface area contributed by atoms with Crippen LogP contribution in [0.5, 0.6) is 0 Å². The predicted molar refractivity (Wildman–Crippen MR) is 83.2 cm³/mol. The molecule has 114 valence electrons. The van der Waals surface area contributed by atoms with Crippen molar-refractivity contribution in [1.29, 1.82) is 0 Å². The Morgan fingerprint density at radius 3 is 3.10 bits per heavy atom. The van der Waals surface area contributed by atoms with Crippen LogP contribution in [0.3, 0.4) is 0 Å². The number of nitrogens with zero attached hydrogens (tertiary/aromatic N) is 1. The average molecular weight is 290 g/mol. The molecule has 1 aromatic carbocycles. The minimum absolute atomic E-state index is 0.117. The van der Waals surface area contributed by atoms with Crippen LogP contribution in [0.1, 0.15) is 24.1 Å². The third-order valence-electron chi connectivity index (χ3n) is 4.61. The Labute approximate surface area is 125 Å². The molecule has 2 heterocycles. The zero-order valence-corrected chi connectivity index (χ0v) is 12.8. The van der Waals surface area contributed by atoms with Crippen LogP contribution in [-0.2, 0) is 11.2 Å². The van der Waals surface area contributed by atoms with Crippen LogP contribution in [0.15, 0.2) is 18.2 Å². The molecule has 0 unspecified atom stereocenters. The topological polar surface area (TPSA) is 28.3 Å². The number of aromatic amines is 1. The summed E-state index contributed by atoms with van der Waals surface area (Å²) < 4.78 is 19.4. The number of nitrogens with one attached hydrogen (secondary N) is 1. The second-order valence-electron chi connectivity index (χ2n) is 5.92. The monoisotopic (exact) mass is 290 g/mol. The highest BCUT2D eigenvalue weighted by atomic mass is 19.1. The van der Waals surface area contributed by atoms with Crippen molar-refractivity contribution in [2.45, 2.75) is 32.2 Å². The number of ether oxygens (including phenoxy) is 1. The Morgan fingerprint density at radius 1 is 1.43 bits per heavy atom. The number of aromatic nitrogens is 1. The summed E-state index contributed by atoms with van der Waals surface area (Å²) in [6, 6.07) is 5.76. The van der Waals surface area contributed by atoms with Crippen LogP contribution in [0.2, 0.25) is 0 Å². The Balaban J connectivity index is 1.86. The van der Waals surface area contributed by atoms with E-state index >= 15 is 0 Å². The van der Waals surface area contributed by atoms with Crippen molar-refractivity contribution in [1.82, 2.24) is 9.88 Å². The Morgan fingerprint density at radius 2 is 2.29 bits per heavy atom. The molecule has 2 aromatic rings. The van der Waals surface area contributed by atoms with E-state index in [1.54, 1.807) is 19.2 Å². The van der Waals surface area contributed by atoms with Crippen molar-refractivity contribution in [2.24, 2.45) is 0 Å². The van der Waals surface area contributed by atoms with Crippen molar-refractivity contribution >= 4 is 10.9 Å². The Hall–Kier alpha value is -1.39. The fourth-order valence-electron chi connectivity index (χ4n) is 3.52. The van der Waals surface area contributed by atoms with Gasteiger partial charge in [0.05, 0.1) is 6.61 Å². The van der Waals surface area contributed by atoms with E-state index in [0.29, 0.717) is 6.04 Å². The first-order valence-corrected chi connectivity index (χ1v) is 7.69. The normalized spacial score (nSPS) is 19.7. The maximum Gasteiger partial charge on any atom is 0.132 e. The molecule has 1 saturated heterocycles. The fourth-order valence-corrected chi connectivity index (χ4v) is 3.52. The molecule has 0 saturated carbocycles. The van der Waals surface area contributed by atoms with Gasteiger partial charge in [0, 0.05) is 36.3 Å². The van der Waals surface area contributed by atoms with Gasteiger partial charge in [-0.1, -0.05) is 6.07 Å². The molecule has 0 amide bonds. The molecular weight excluding hydrogens is 267 g/mol. The highest BCUT2D eigenvalue weighted by Crippen LogP contribution is 2.29. The first kappa shape index (κ1) is 14.5. The molecule has 0 radical (unpaired) electrons. The van der Waals surface area contributed by atoms with E-state index in [-0.39, 0.29) is 5.82 Å². The maximum absolute atomic E-state index is 14.2. The zero-order chi connectivity index (χ0) is 14.8. The van der Waals surface area contributed by atoms with Crippen LogP contribution in [-0.4, -0.2) is 42.7 Å². The molecule has 21 heavy (non-hydrogen) atoms. The number of hydrogen-bond donors (Lipinski definition) is 1. The van der Waals surface area contributed by atoms with Gasteiger partial charge in [0.15, 0.2) is 0 Å². The van der Waals surface area contributed by atoms with Gasteiger partial charge >= 0.3 is 0 Å². The van der Waals surface area contributed by atoms with Gasteiger partial charge in [-0.3, -0.25) is 4.90 Å². The van der Waals surface area contributed by atoms with Gasteiger partial charge in [0.1, 0.15) is 5.82 Å². The molecule has 1 fully saturated rings. The molecule has 1 aliphatic heterocycles. The van der Waals surface area contributed by atoms with Gasteiger partial charge in [-0.05, 0) is 50.4 Å². The number of halogens is 1. The summed E-state index contributed by atoms with van der Waals surface area (Å²) in [6.07, 6.45) is 3.32.